The Morgan fingerprint density at radius 1 is 1.43 bits per heavy atom. The van der Waals surface area contributed by atoms with Gasteiger partial charge < -0.3 is 5.32 Å². The number of sulfone groups is 1. The second-order valence-electron chi connectivity index (χ2n) is 5.04. The van der Waals surface area contributed by atoms with Crippen molar-refractivity contribution in [2.45, 2.75) is 39.2 Å². The fraction of sp³-hybridized carbons (Fsp3) is 1.00. The zero-order valence-corrected chi connectivity index (χ0v) is 10.2. The van der Waals surface area contributed by atoms with Gasteiger partial charge in [-0.15, -0.1) is 0 Å². The molecule has 3 nitrogen and oxygen atoms in total. The van der Waals surface area contributed by atoms with Crippen molar-refractivity contribution in [1.29, 1.82) is 0 Å². The maximum atomic E-state index is 11.0. The highest BCUT2D eigenvalue weighted by molar-refractivity contribution is 7.90. The van der Waals surface area contributed by atoms with Crippen LogP contribution in [0.2, 0.25) is 0 Å². The van der Waals surface area contributed by atoms with E-state index >= 15 is 0 Å². The normalized spacial score (nSPS) is 22.8. The van der Waals surface area contributed by atoms with E-state index in [1.165, 1.54) is 25.5 Å². The van der Waals surface area contributed by atoms with E-state index in [0.29, 0.717) is 5.41 Å². The summed E-state index contributed by atoms with van der Waals surface area (Å²) < 4.78 is 22.0. The third-order valence-corrected chi connectivity index (χ3v) is 4.10. The van der Waals surface area contributed by atoms with Crippen molar-refractivity contribution in [1.82, 2.24) is 5.32 Å². The Balaban J connectivity index is 2.24. The molecule has 1 unspecified atom stereocenters. The summed E-state index contributed by atoms with van der Waals surface area (Å²) in [5, 5.41) is 3.30. The van der Waals surface area contributed by atoms with Gasteiger partial charge in [0.15, 0.2) is 0 Å². The van der Waals surface area contributed by atoms with Crippen LogP contribution in [0.25, 0.3) is 0 Å². The van der Waals surface area contributed by atoms with Crippen LogP contribution in [0.3, 0.4) is 0 Å². The van der Waals surface area contributed by atoms with Gasteiger partial charge in [0, 0.05) is 18.8 Å². The molecule has 1 fully saturated rings. The Kier molecular flexibility index (Phi) is 3.58. The molecule has 1 aliphatic carbocycles. The van der Waals surface area contributed by atoms with Gasteiger partial charge in [0.25, 0.3) is 0 Å². The molecule has 1 atom stereocenters. The fourth-order valence-electron chi connectivity index (χ4n) is 1.89. The van der Waals surface area contributed by atoms with Crippen molar-refractivity contribution >= 4 is 9.84 Å². The highest BCUT2D eigenvalue weighted by atomic mass is 32.2. The van der Waals surface area contributed by atoms with Crippen molar-refractivity contribution in [3.63, 3.8) is 0 Å². The van der Waals surface area contributed by atoms with E-state index in [-0.39, 0.29) is 11.8 Å². The molecule has 0 aliphatic heterocycles. The van der Waals surface area contributed by atoms with Crippen molar-refractivity contribution in [3.8, 4) is 0 Å². The van der Waals surface area contributed by atoms with Gasteiger partial charge in [-0.3, -0.25) is 0 Å². The van der Waals surface area contributed by atoms with E-state index in [9.17, 15) is 8.42 Å². The van der Waals surface area contributed by atoms with Gasteiger partial charge in [-0.1, -0.05) is 13.3 Å². The summed E-state index contributed by atoms with van der Waals surface area (Å²) in [5.74, 6) is 0.239. The summed E-state index contributed by atoms with van der Waals surface area (Å²) >= 11 is 0. The summed E-state index contributed by atoms with van der Waals surface area (Å²) in [5.41, 5.74) is 0.422. The average molecular weight is 219 g/mol. The number of hydrogen-bond acceptors (Lipinski definition) is 3. The second-order valence-corrected chi connectivity index (χ2v) is 7.22. The molecule has 1 saturated carbocycles. The minimum absolute atomic E-state index is 0.0717. The molecule has 0 aromatic heterocycles. The SMILES string of the molecule is CC(CS(C)(=O)=O)NCC1(C)CCC1. The predicted octanol–water partition coefficient (Wildman–Crippen LogP) is 1.20. The maximum absolute atomic E-state index is 11.0. The van der Waals surface area contributed by atoms with E-state index in [0.717, 1.165) is 6.54 Å². The van der Waals surface area contributed by atoms with Crippen LogP contribution < -0.4 is 5.32 Å². The molecule has 1 rings (SSSR count). The van der Waals surface area contributed by atoms with E-state index in [4.69, 9.17) is 0 Å². The first-order valence-electron chi connectivity index (χ1n) is 5.22. The Morgan fingerprint density at radius 2 is 2.00 bits per heavy atom. The Labute approximate surface area is 87.2 Å². The molecule has 1 aliphatic rings. The number of hydrogen-bond donors (Lipinski definition) is 1. The summed E-state index contributed by atoms with van der Waals surface area (Å²) in [6, 6.07) is 0.0717. The lowest BCUT2D eigenvalue weighted by atomic mass is 9.70. The molecule has 0 bridgehead atoms. The first kappa shape index (κ1) is 12.0. The number of nitrogens with one attached hydrogen (secondary N) is 1. The van der Waals surface area contributed by atoms with E-state index in [1.807, 2.05) is 6.92 Å². The number of rotatable bonds is 5. The molecular weight excluding hydrogens is 198 g/mol. The maximum Gasteiger partial charge on any atom is 0.148 e. The van der Waals surface area contributed by atoms with Gasteiger partial charge in [0.2, 0.25) is 0 Å². The lowest BCUT2D eigenvalue weighted by Gasteiger charge is -2.39. The fourth-order valence-corrected chi connectivity index (χ4v) is 2.92. The van der Waals surface area contributed by atoms with Crippen molar-refractivity contribution in [3.05, 3.63) is 0 Å². The van der Waals surface area contributed by atoms with E-state index in [1.54, 1.807) is 0 Å². The van der Waals surface area contributed by atoms with Crippen LogP contribution in [0, 0.1) is 5.41 Å². The van der Waals surface area contributed by atoms with E-state index < -0.39 is 9.84 Å². The molecule has 0 saturated heterocycles. The van der Waals surface area contributed by atoms with Crippen LogP contribution in [0.15, 0.2) is 0 Å². The topological polar surface area (TPSA) is 46.2 Å². The zero-order valence-electron chi connectivity index (χ0n) is 9.34. The molecule has 84 valence electrons. The highest BCUT2D eigenvalue weighted by Crippen LogP contribution is 2.39. The minimum Gasteiger partial charge on any atom is -0.313 e. The molecule has 0 amide bonds. The third-order valence-electron chi connectivity index (χ3n) is 2.99. The molecule has 0 heterocycles. The highest BCUT2D eigenvalue weighted by Gasteiger charge is 2.31. The van der Waals surface area contributed by atoms with Crippen LogP contribution in [-0.2, 0) is 9.84 Å². The van der Waals surface area contributed by atoms with Crippen LogP contribution >= 0.6 is 0 Å². The van der Waals surface area contributed by atoms with Gasteiger partial charge in [0.1, 0.15) is 9.84 Å². The lowest BCUT2D eigenvalue weighted by Crippen LogP contribution is -2.43. The first-order chi connectivity index (χ1) is 6.31. The summed E-state index contributed by atoms with van der Waals surface area (Å²) in [6.07, 6.45) is 5.14. The Hall–Kier alpha value is -0.0900. The molecular formula is C10H21NO2S. The largest absolute Gasteiger partial charge is 0.313 e. The molecule has 14 heavy (non-hydrogen) atoms. The van der Waals surface area contributed by atoms with Crippen molar-refractivity contribution in [2.75, 3.05) is 18.6 Å². The lowest BCUT2D eigenvalue weighted by molar-refractivity contribution is 0.153. The van der Waals surface area contributed by atoms with Crippen LogP contribution in [0.1, 0.15) is 33.1 Å². The summed E-state index contributed by atoms with van der Waals surface area (Å²) in [7, 11) is -2.84. The van der Waals surface area contributed by atoms with Crippen molar-refractivity contribution in [2.24, 2.45) is 5.41 Å². The molecule has 0 aromatic carbocycles. The molecule has 0 aromatic rings. The standard InChI is InChI=1S/C10H21NO2S/c1-9(7-14(3,12)13)11-8-10(2)5-4-6-10/h9,11H,4-8H2,1-3H3. The second kappa shape index (κ2) is 4.19. The molecule has 0 radical (unpaired) electrons. The summed E-state index contributed by atoms with van der Waals surface area (Å²) in [4.78, 5) is 0. The van der Waals surface area contributed by atoms with Crippen LogP contribution in [0.5, 0.6) is 0 Å². The molecule has 0 spiro atoms. The van der Waals surface area contributed by atoms with Gasteiger partial charge in [-0.25, -0.2) is 8.42 Å². The zero-order chi connectivity index (χ0) is 10.8. The molecule has 4 heteroatoms. The smallest absolute Gasteiger partial charge is 0.148 e. The van der Waals surface area contributed by atoms with Gasteiger partial charge in [0.05, 0.1) is 5.75 Å². The van der Waals surface area contributed by atoms with Gasteiger partial charge in [-0.2, -0.15) is 0 Å². The Bertz CT molecular complexity index is 280. The monoisotopic (exact) mass is 219 g/mol. The van der Waals surface area contributed by atoms with Crippen LogP contribution in [0.4, 0.5) is 0 Å². The average Bonchev–Trinajstić information content (AvgIpc) is 1.94. The Morgan fingerprint density at radius 3 is 2.36 bits per heavy atom. The minimum atomic E-state index is -2.84. The van der Waals surface area contributed by atoms with Gasteiger partial charge >= 0.3 is 0 Å². The quantitative estimate of drug-likeness (QED) is 0.756. The summed E-state index contributed by atoms with van der Waals surface area (Å²) in [6.45, 7) is 5.14. The third kappa shape index (κ3) is 3.96. The van der Waals surface area contributed by atoms with Gasteiger partial charge in [-0.05, 0) is 25.2 Å². The van der Waals surface area contributed by atoms with Crippen LogP contribution in [-0.4, -0.2) is 33.0 Å². The van der Waals surface area contributed by atoms with Crippen molar-refractivity contribution < 1.29 is 8.42 Å². The predicted molar refractivity (Wildman–Crippen MR) is 59.1 cm³/mol. The van der Waals surface area contributed by atoms with E-state index in [2.05, 4.69) is 12.2 Å². The first-order valence-corrected chi connectivity index (χ1v) is 7.28. The molecule has 1 N–H and O–H groups in total.